The predicted octanol–water partition coefficient (Wildman–Crippen LogP) is 5.85. The lowest BCUT2D eigenvalue weighted by Crippen LogP contribution is -2.44. The van der Waals surface area contributed by atoms with Gasteiger partial charge in [0.2, 0.25) is 35.5 Å². The Kier molecular flexibility index (Phi) is 27.6. The van der Waals surface area contributed by atoms with Crippen LogP contribution in [0.15, 0.2) is 110 Å². The number of imidazole rings is 3. The Morgan fingerprint density at radius 3 is 0.950 bits per heavy atom. The number of nitrogens with two attached hydrogens (primary N) is 3. The van der Waals surface area contributed by atoms with Crippen molar-refractivity contribution >= 4 is 124 Å². The summed E-state index contributed by atoms with van der Waals surface area (Å²) in [5.74, 6) is -0.237. The molecule has 21 atom stereocenters. The van der Waals surface area contributed by atoms with E-state index < -0.39 is 147 Å². The lowest BCUT2D eigenvalue weighted by molar-refractivity contribution is -0.151. The summed E-state index contributed by atoms with van der Waals surface area (Å²) >= 11 is 3.14. The number of nitrogen functional groups attached to an aromatic ring is 3. The van der Waals surface area contributed by atoms with Crippen molar-refractivity contribution < 1.29 is 115 Å². The number of methoxy groups -OCH3 is 3. The van der Waals surface area contributed by atoms with Crippen LogP contribution >= 0.6 is 54.3 Å². The molecule has 0 bridgehead atoms. The molecular weight excluding hydrogens is 1690 g/mol. The zero-order valence-electron chi connectivity index (χ0n) is 66.1. The Bertz CT molecular complexity index is 4780. The van der Waals surface area contributed by atoms with Gasteiger partial charge in [-0.25, -0.2) is 30.2 Å². The van der Waals surface area contributed by atoms with E-state index in [1.165, 1.54) is 74.8 Å². The standard InChI is InChI=1S/3C24H31N6O8PS/c3*1-13(14-7-5-4-6-8-14)37-21(32)15-9-10-40-39(34,29-15)36-11-16-18(31)24(2,33)22(38-16)30-12-26-17-19(30)27-23(25)28-20(17)35-3/h3*4-8,12-13,15-16,18,22,31,33H,9-11H2,1-3H3,(H,29,34)(H2,25,27,28)/t13-,15+,16?,18-,22-,24-,39-;13-,15-,16?,18+,22+,24+,39?;13-,15-,16?,18+,22+,24+,39-/m100/s1. The number of anilines is 3. The van der Waals surface area contributed by atoms with Gasteiger partial charge in [0.15, 0.2) is 52.2 Å². The molecule has 42 nitrogen and oxygen atoms in total. The minimum absolute atomic E-state index is 0.0751. The molecule has 6 aliphatic rings. The van der Waals surface area contributed by atoms with E-state index in [0.29, 0.717) is 36.5 Å². The van der Waals surface area contributed by atoms with Gasteiger partial charge in [-0.05, 0) is 77.5 Å². The molecule has 48 heteroatoms. The number of esters is 3. The molecule has 6 fully saturated rings. The number of benzene rings is 3. The highest BCUT2D eigenvalue weighted by atomic mass is 32.7. The number of nitrogens with zero attached hydrogens (tertiary/aromatic N) is 12. The summed E-state index contributed by atoms with van der Waals surface area (Å²) in [5, 5.41) is 74.6. The molecule has 15 N–H and O–H groups in total. The Morgan fingerprint density at radius 2 is 0.708 bits per heavy atom. The molecule has 12 heterocycles. The van der Waals surface area contributed by atoms with Gasteiger partial charge >= 0.3 is 38.1 Å². The summed E-state index contributed by atoms with van der Waals surface area (Å²) < 4.78 is 112. The third kappa shape index (κ3) is 19.4. The van der Waals surface area contributed by atoms with E-state index in [0.717, 1.165) is 50.8 Å². The maximum Gasteiger partial charge on any atom is 0.327 e. The maximum atomic E-state index is 13.5. The number of hydrogen-bond acceptors (Lipinski definition) is 39. The topological polar surface area (TPSA) is 580 Å². The lowest BCUT2D eigenvalue weighted by atomic mass is 9.96. The molecule has 0 saturated carbocycles. The Morgan fingerprint density at radius 1 is 0.458 bits per heavy atom. The first-order chi connectivity index (χ1) is 57.1. The van der Waals surface area contributed by atoms with Crippen molar-refractivity contribution in [1.29, 1.82) is 0 Å². The Hall–Kier alpha value is -8.34. The Balaban J connectivity index is 0.000000156. The molecule has 6 aromatic heterocycles. The van der Waals surface area contributed by atoms with Gasteiger partial charge in [0.25, 0.3) is 0 Å². The van der Waals surface area contributed by atoms with Gasteiger partial charge in [-0.2, -0.15) is 29.9 Å². The summed E-state index contributed by atoms with van der Waals surface area (Å²) in [4.78, 5) is 75.7. The summed E-state index contributed by atoms with van der Waals surface area (Å²) in [7, 11) is 4.23. The summed E-state index contributed by atoms with van der Waals surface area (Å²) in [5.41, 5.74) is 16.0. The first-order valence-corrected chi connectivity index (χ1v) is 47.3. The number of nitrogens with one attached hydrogen (secondary N) is 3. The second-order valence-electron chi connectivity index (χ2n) is 29.1. The van der Waals surface area contributed by atoms with Crippen LogP contribution < -0.4 is 46.7 Å². The van der Waals surface area contributed by atoms with E-state index in [4.69, 9.17) is 73.4 Å². The summed E-state index contributed by atoms with van der Waals surface area (Å²) in [6.45, 7) is -2.24. The van der Waals surface area contributed by atoms with Gasteiger partial charge in [-0.1, -0.05) is 125 Å². The minimum atomic E-state index is -3.58. The summed E-state index contributed by atoms with van der Waals surface area (Å²) in [6.07, 6.45) is -7.06. The number of hydrogen-bond donors (Lipinski definition) is 12. The number of aromatic nitrogens is 12. The van der Waals surface area contributed by atoms with Gasteiger partial charge in [0, 0.05) is 17.3 Å². The van der Waals surface area contributed by atoms with Crippen LogP contribution in [0.2, 0.25) is 0 Å². The fourth-order valence-corrected chi connectivity index (χ4v) is 25.4. The number of aliphatic hydroxyl groups excluding tert-OH is 3. The minimum Gasteiger partial charge on any atom is -0.479 e. The quantitative estimate of drug-likeness (QED) is 0.0192. The van der Waals surface area contributed by atoms with E-state index in [1.807, 2.05) is 91.0 Å². The largest absolute Gasteiger partial charge is 0.479 e. The highest BCUT2D eigenvalue weighted by Crippen LogP contribution is 2.62. The fourth-order valence-electron chi connectivity index (χ4n) is 13.9. The molecule has 9 aromatic rings. The average molecular weight is 1780 g/mol. The monoisotopic (exact) mass is 1780 g/mol. The molecule has 648 valence electrons. The van der Waals surface area contributed by atoms with E-state index in [-0.39, 0.29) is 88.8 Å². The van der Waals surface area contributed by atoms with Crippen molar-refractivity contribution in [3.63, 3.8) is 0 Å². The number of ether oxygens (including phenoxy) is 9. The van der Waals surface area contributed by atoms with E-state index in [1.54, 1.807) is 20.8 Å². The third-order valence-corrected chi connectivity index (χ3v) is 32.8. The van der Waals surface area contributed by atoms with Gasteiger partial charge in [0.05, 0.1) is 60.1 Å². The van der Waals surface area contributed by atoms with Crippen LogP contribution in [0, 0.1) is 0 Å². The van der Waals surface area contributed by atoms with Crippen molar-refractivity contribution in [2.45, 2.75) is 169 Å². The molecular formula is C72H93N18O24P3S3. The Labute approximate surface area is 697 Å². The van der Waals surface area contributed by atoms with Crippen molar-refractivity contribution in [3.05, 3.63) is 127 Å². The average Bonchev–Trinajstić information content (AvgIpc) is 1.60. The number of carbonyl (C=O) groups excluding carboxylic acids is 3. The van der Waals surface area contributed by atoms with Crippen LogP contribution in [0.5, 0.6) is 17.6 Å². The second-order valence-corrected chi connectivity index (χ2v) is 42.3. The van der Waals surface area contributed by atoms with Crippen molar-refractivity contribution in [2.24, 2.45) is 0 Å². The van der Waals surface area contributed by atoms with Crippen LogP contribution in [-0.4, -0.2) is 237 Å². The SMILES string of the molecule is COc1nc(N)nc2c1ncn2[C@@H]1OC(COP2(=O)N[C@H](C(=O)O[C@@H](C)c3ccccc3)CCS2)[C@@H](O)[C@@]1(C)O.COc1nc(N)nc2c1ncn2[C@@H]1OC(CO[P@@]2(=O)N[C@H](C(=O)O[C@@H](C)c3ccccc3)CCS2)[C@@H](O)[C@@]1(C)O.COc1nc(N)nc2c1ncn2[C@@H]1OC(CO[P@]2(=O)N[C@H](C(=O)O[C@H](C)c3ccccc3)CCS2)[C@@H](O)[C@@]1(C)O. The normalized spacial score (nSPS) is 31.2. The van der Waals surface area contributed by atoms with E-state index in [2.05, 4.69) is 60.1 Å². The second kappa shape index (κ2) is 37.0. The van der Waals surface area contributed by atoms with Crippen LogP contribution in [0.25, 0.3) is 33.5 Å². The molecule has 120 heavy (non-hydrogen) atoms. The van der Waals surface area contributed by atoms with Gasteiger partial charge in [-0.15, -0.1) is 0 Å². The molecule has 0 aliphatic carbocycles. The van der Waals surface area contributed by atoms with E-state index in [9.17, 15) is 58.7 Å². The predicted molar refractivity (Wildman–Crippen MR) is 436 cm³/mol. The number of carbonyl (C=O) groups is 3. The highest BCUT2D eigenvalue weighted by molar-refractivity contribution is 8.56. The van der Waals surface area contributed by atoms with Crippen LogP contribution in [0.1, 0.15) is 114 Å². The van der Waals surface area contributed by atoms with Gasteiger partial charge < -0.3 is 104 Å². The zero-order chi connectivity index (χ0) is 86.0. The van der Waals surface area contributed by atoms with Crippen LogP contribution in [0.4, 0.5) is 17.8 Å². The molecule has 6 aliphatic heterocycles. The molecule has 4 unspecified atom stereocenters. The zero-order valence-corrected chi connectivity index (χ0v) is 71.2. The smallest absolute Gasteiger partial charge is 0.327 e. The first kappa shape index (κ1) is 89.4. The molecule has 0 amide bonds. The third-order valence-electron chi connectivity index (χ3n) is 20.5. The molecule has 15 rings (SSSR count). The summed E-state index contributed by atoms with van der Waals surface area (Å²) in [6, 6.07) is 25.4. The van der Waals surface area contributed by atoms with Gasteiger partial charge in [0.1, 0.15) is 89.9 Å². The van der Waals surface area contributed by atoms with Gasteiger partial charge in [-0.3, -0.25) is 41.8 Å². The van der Waals surface area contributed by atoms with Crippen molar-refractivity contribution in [3.8, 4) is 17.6 Å². The lowest BCUT2D eigenvalue weighted by Gasteiger charge is -2.30. The highest BCUT2D eigenvalue weighted by Gasteiger charge is 2.58. The molecule has 6 saturated heterocycles. The number of fused-ring (bicyclic) bond motifs is 3. The molecule has 3 aromatic carbocycles. The number of rotatable bonds is 24. The molecule has 0 radical (unpaired) electrons. The first-order valence-electron chi connectivity index (χ1n) is 37.6. The molecule has 0 spiro atoms. The van der Waals surface area contributed by atoms with E-state index >= 15 is 0 Å². The van der Waals surface area contributed by atoms with Crippen molar-refractivity contribution in [1.82, 2.24) is 73.8 Å². The van der Waals surface area contributed by atoms with Crippen LogP contribution in [-0.2, 0) is 70.1 Å². The van der Waals surface area contributed by atoms with Crippen molar-refractivity contribution in [2.75, 3.05) is 75.6 Å². The fraction of sp³-hybridized carbons (Fsp3) is 0.500. The number of aliphatic hydroxyl groups is 6. The maximum absolute atomic E-state index is 13.5. The van der Waals surface area contributed by atoms with Crippen LogP contribution in [0.3, 0.4) is 0 Å².